The normalized spacial score (nSPS) is 19.0. The van der Waals surface area contributed by atoms with Gasteiger partial charge < -0.3 is 15.1 Å². The molecule has 26 heavy (non-hydrogen) atoms. The van der Waals surface area contributed by atoms with Gasteiger partial charge in [0.1, 0.15) is 5.82 Å². The van der Waals surface area contributed by atoms with E-state index in [9.17, 15) is 4.79 Å². The standard InChI is InChI=1S/C17H22ClN7O/c18-13-1-2-16(20-11-13)23-7-9-24(10-8-23)17(26)15-12-25(22-21-15)14-3-5-19-6-4-14/h1-2,11-12,14,19H,3-10H2. The van der Waals surface area contributed by atoms with E-state index < -0.39 is 0 Å². The summed E-state index contributed by atoms with van der Waals surface area (Å²) in [4.78, 5) is 21.1. The molecule has 8 nitrogen and oxygen atoms in total. The van der Waals surface area contributed by atoms with Crippen molar-refractivity contribution in [3.63, 3.8) is 0 Å². The molecule has 0 saturated carbocycles. The number of amides is 1. The Morgan fingerprint density at radius 2 is 1.92 bits per heavy atom. The van der Waals surface area contributed by atoms with E-state index >= 15 is 0 Å². The molecule has 9 heteroatoms. The second-order valence-corrected chi connectivity index (χ2v) is 7.12. The predicted molar refractivity (Wildman–Crippen MR) is 98.5 cm³/mol. The van der Waals surface area contributed by atoms with Crippen LogP contribution in [0.1, 0.15) is 29.4 Å². The number of piperidine rings is 1. The topological polar surface area (TPSA) is 79.2 Å². The number of aromatic nitrogens is 4. The van der Waals surface area contributed by atoms with Gasteiger partial charge in [-0.25, -0.2) is 9.67 Å². The van der Waals surface area contributed by atoms with E-state index in [1.165, 1.54) is 0 Å². The number of nitrogens with zero attached hydrogens (tertiary/aromatic N) is 6. The zero-order chi connectivity index (χ0) is 17.9. The van der Waals surface area contributed by atoms with Crippen LogP contribution < -0.4 is 10.2 Å². The smallest absolute Gasteiger partial charge is 0.276 e. The number of piperazine rings is 1. The molecule has 1 N–H and O–H groups in total. The second kappa shape index (κ2) is 7.59. The van der Waals surface area contributed by atoms with Crippen LogP contribution in [0.25, 0.3) is 0 Å². The lowest BCUT2D eigenvalue weighted by Gasteiger charge is -2.35. The van der Waals surface area contributed by atoms with Gasteiger partial charge in [0.15, 0.2) is 5.69 Å². The Morgan fingerprint density at radius 1 is 1.15 bits per heavy atom. The first-order chi connectivity index (χ1) is 12.7. The lowest BCUT2D eigenvalue weighted by molar-refractivity contribution is 0.0740. The fraction of sp³-hybridized carbons (Fsp3) is 0.529. The van der Waals surface area contributed by atoms with Gasteiger partial charge in [-0.05, 0) is 38.1 Å². The molecular formula is C17H22ClN7O. The van der Waals surface area contributed by atoms with E-state index in [1.807, 2.05) is 21.7 Å². The molecule has 0 atom stereocenters. The quantitative estimate of drug-likeness (QED) is 0.868. The molecule has 0 unspecified atom stereocenters. The number of carbonyl (C=O) groups is 1. The minimum atomic E-state index is -0.0473. The third-order valence-corrected chi connectivity index (χ3v) is 5.24. The molecule has 0 aromatic carbocycles. The first-order valence-corrected chi connectivity index (χ1v) is 9.37. The highest BCUT2D eigenvalue weighted by Crippen LogP contribution is 2.19. The summed E-state index contributed by atoms with van der Waals surface area (Å²) in [6, 6.07) is 4.07. The van der Waals surface area contributed by atoms with Crippen molar-refractivity contribution >= 4 is 23.3 Å². The molecule has 0 bridgehead atoms. The van der Waals surface area contributed by atoms with Gasteiger partial charge >= 0.3 is 0 Å². The highest BCUT2D eigenvalue weighted by molar-refractivity contribution is 6.30. The van der Waals surface area contributed by atoms with Gasteiger partial charge in [-0.1, -0.05) is 16.8 Å². The van der Waals surface area contributed by atoms with Crippen molar-refractivity contribution in [1.82, 2.24) is 30.2 Å². The summed E-state index contributed by atoms with van der Waals surface area (Å²) in [6.07, 6.45) is 5.48. The van der Waals surface area contributed by atoms with Crippen LogP contribution in [0.2, 0.25) is 5.02 Å². The Bertz CT molecular complexity index is 749. The van der Waals surface area contributed by atoms with Gasteiger partial charge in [0, 0.05) is 32.4 Å². The molecule has 2 fully saturated rings. The minimum absolute atomic E-state index is 0.0473. The fourth-order valence-corrected chi connectivity index (χ4v) is 3.59. The SMILES string of the molecule is O=C(c1cn(C2CCNCC2)nn1)N1CCN(c2ccc(Cl)cn2)CC1. The molecule has 0 spiro atoms. The van der Waals surface area contributed by atoms with Gasteiger partial charge in [-0.2, -0.15) is 0 Å². The van der Waals surface area contributed by atoms with Gasteiger partial charge in [-0.3, -0.25) is 4.79 Å². The molecule has 2 aromatic rings. The average molecular weight is 376 g/mol. The lowest BCUT2D eigenvalue weighted by atomic mass is 10.1. The van der Waals surface area contributed by atoms with Crippen molar-refractivity contribution in [3.8, 4) is 0 Å². The molecule has 1 amide bonds. The van der Waals surface area contributed by atoms with Crippen molar-refractivity contribution in [2.75, 3.05) is 44.2 Å². The number of hydrogen-bond donors (Lipinski definition) is 1. The van der Waals surface area contributed by atoms with Crippen molar-refractivity contribution in [2.24, 2.45) is 0 Å². The Labute approximate surface area is 157 Å². The summed E-state index contributed by atoms with van der Waals surface area (Å²) in [5, 5.41) is 12.3. The molecule has 2 aliphatic rings. The summed E-state index contributed by atoms with van der Waals surface area (Å²) in [5.41, 5.74) is 0.432. The van der Waals surface area contributed by atoms with Crippen LogP contribution in [0.15, 0.2) is 24.5 Å². The maximum absolute atomic E-state index is 12.7. The average Bonchev–Trinajstić information content (AvgIpc) is 3.19. The van der Waals surface area contributed by atoms with Gasteiger partial charge in [0.05, 0.1) is 17.3 Å². The largest absolute Gasteiger partial charge is 0.353 e. The number of hydrogen-bond acceptors (Lipinski definition) is 6. The number of halogens is 1. The van der Waals surface area contributed by atoms with Crippen molar-refractivity contribution in [2.45, 2.75) is 18.9 Å². The van der Waals surface area contributed by atoms with Crippen LogP contribution in [-0.2, 0) is 0 Å². The van der Waals surface area contributed by atoms with E-state index in [2.05, 4.69) is 25.5 Å². The Balaban J connectivity index is 1.36. The van der Waals surface area contributed by atoms with E-state index in [1.54, 1.807) is 12.4 Å². The number of carbonyl (C=O) groups excluding carboxylic acids is 1. The van der Waals surface area contributed by atoms with Crippen LogP contribution in [0.3, 0.4) is 0 Å². The number of anilines is 1. The monoisotopic (exact) mass is 375 g/mol. The number of nitrogens with one attached hydrogen (secondary N) is 1. The molecule has 0 aliphatic carbocycles. The predicted octanol–water partition coefficient (Wildman–Crippen LogP) is 1.21. The summed E-state index contributed by atoms with van der Waals surface area (Å²) in [6.45, 7) is 4.72. The van der Waals surface area contributed by atoms with Crippen molar-refractivity contribution in [3.05, 3.63) is 35.2 Å². The highest BCUT2D eigenvalue weighted by Gasteiger charge is 2.26. The number of rotatable bonds is 3. The summed E-state index contributed by atoms with van der Waals surface area (Å²) < 4.78 is 1.85. The van der Waals surface area contributed by atoms with E-state index in [0.29, 0.717) is 29.8 Å². The molecule has 2 aromatic heterocycles. The third-order valence-electron chi connectivity index (χ3n) is 5.01. The summed E-state index contributed by atoms with van der Waals surface area (Å²) in [7, 11) is 0. The molecule has 138 valence electrons. The van der Waals surface area contributed by atoms with E-state index in [0.717, 1.165) is 44.8 Å². The van der Waals surface area contributed by atoms with Crippen molar-refractivity contribution in [1.29, 1.82) is 0 Å². The Hall–Kier alpha value is -2.19. The summed E-state index contributed by atoms with van der Waals surface area (Å²) in [5.74, 6) is 0.840. The van der Waals surface area contributed by atoms with Crippen LogP contribution in [-0.4, -0.2) is 70.1 Å². The highest BCUT2D eigenvalue weighted by atomic mass is 35.5. The van der Waals surface area contributed by atoms with Crippen LogP contribution in [0, 0.1) is 0 Å². The molecule has 2 aliphatic heterocycles. The zero-order valence-electron chi connectivity index (χ0n) is 14.5. The van der Waals surface area contributed by atoms with Crippen molar-refractivity contribution < 1.29 is 4.79 Å². The molecule has 4 rings (SSSR count). The van der Waals surface area contributed by atoms with E-state index in [4.69, 9.17) is 11.6 Å². The Kier molecular flexibility index (Phi) is 5.03. The number of pyridine rings is 1. The molecular weight excluding hydrogens is 354 g/mol. The second-order valence-electron chi connectivity index (χ2n) is 6.68. The van der Waals surface area contributed by atoms with Crippen LogP contribution in [0.5, 0.6) is 0 Å². The van der Waals surface area contributed by atoms with Crippen LogP contribution in [0.4, 0.5) is 5.82 Å². The fourth-order valence-electron chi connectivity index (χ4n) is 3.48. The maximum Gasteiger partial charge on any atom is 0.276 e. The van der Waals surface area contributed by atoms with Crippen LogP contribution >= 0.6 is 11.6 Å². The molecule has 4 heterocycles. The third kappa shape index (κ3) is 3.66. The van der Waals surface area contributed by atoms with E-state index in [-0.39, 0.29) is 5.91 Å². The first-order valence-electron chi connectivity index (χ1n) is 8.99. The zero-order valence-corrected chi connectivity index (χ0v) is 15.3. The van der Waals surface area contributed by atoms with Gasteiger partial charge in [0.2, 0.25) is 0 Å². The Morgan fingerprint density at radius 3 is 2.62 bits per heavy atom. The van der Waals surface area contributed by atoms with Gasteiger partial charge in [0.25, 0.3) is 5.91 Å². The maximum atomic E-state index is 12.7. The molecule has 0 radical (unpaired) electrons. The minimum Gasteiger partial charge on any atom is -0.353 e. The summed E-state index contributed by atoms with van der Waals surface area (Å²) >= 11 is 5.89. The molecule has 2 saturated heterocycles. The first kappa shape index (κ1) is 17.2. The van der Waals surface area contributed by atoms with Gasteiger partial charge in [-0.15, -0.1) is 5.10 Å². The lowest BCUT2D eigenvalue weighted by Crippen LogP contribution is -2.49.